The molecule has 100 valence electrons. The van der Waals surface area contributed by atoms with Gasteiger partial charge in [-0.2, -0.15) is 0 Å². The second-order valence-electron chi connectivity index (χ2n) is 4.73. The highest BCUT2D eigenvalue weighted by Crippen LogP contribution is 2.33. The predicted molar refractivity (Wildman–Crippen MR) is 66.4 cm³/mol. The SMILES string of the molecule is Nc1nonc1N[C@@H]1CC(=O)C[C@@H](c2ccco2)C1. The van der Waals surface area contributed by atoms with Crippen molar-refractivity contribution in [2.45, 2.75) is 31.2 Å². The maximum atomic E-state index is 11.8. The molecule has 2 atom stereocenters. The van der Waals surface area contributed by atoms with E-state index in [-0.39, 0.29) is 23.6 Å². The van der Waals surface area contributed by atoms with E-state index in [4.69, 9.17) is 10.2 Å². The fourth-order valence-electron chi connectivity index (χ4n) is 2.48. The standard InChI is InChI=1S/C12H14N4O3/c13-11-12(16-19-15-11)14-8-4-7(5-9(17)6-8)10-2-1-3-18-10/h1-3,7-8H,4-6H2,(H2,13,15)(H,14,16)/t7-,8-/m0/s1. The van der Waals surface area contributed by atoms with E-state index in [1.807, 2.05) is 12.1 Å². The van der Waals surface area contributed by atoms with E-state index in [0.717, 1.165) is 12.2 Å². The minimum atomic E-state index is -0.0365. The zero-order chi connectivity index (χ0) is 13.2. The van der Waals surface area contributed by atoms with Crippen LogP contribution in [0.5, 0.6) is 0 Å². The first-order valence-electron chi connectivity index (χ1n) is 6.12. The van der Waals surface area contributed by atoms with Crippen LogP contribution in [-0.2, 0) is 4.79 Å². The van der Waals surface area contributed by atoms with Gasteiger partial charge >= 0.3 is 0 Å². The van der Waals surface area contributed by atoms with Crippen LogP contribution >= 0.6 is 0 Å². The third-order valence-corrected chi connectivity index (χ3v) is 3.32. The molecule has 0 amide bonds. The summed E-state index contributed by atoms with van der Waals surface area (Å²) in [6.07, 6.45) is 3.36. The van der Waals surface area contributed by atoms with E-state index in [9.17, 15) is 4.79 Å². The Morgan fingerprint density at radius 1 is 1.37 bits per heavy atom. The molecular weight excluding hydrogens is 248 g/mol. The molecule has 0 unspecified atom stereocenters. The van der Waals surface area contributed by atoms with Crippen LogP contribution in [0.25, 0.3) is 0 Å². The lowest BCUT2D eigenvalue weighted by Crippen LogP contribution is -2.31. The Balaban J connectivity index is 1.72. The molecule has 0 bridgehead atoms. The number of hydrogen-bond acceptors (Lipinski definition) is 7. The largest absolute Gasteiger partial charge is 0.469 e. The van der Waals surface area contributed by atoms with Gasteiger partial charge in [0.2, 0.25) is 11.6 Å². The molecule has 1 aliphatic carbocycles. The van der Waals surface area contributed by atoms with Gasteiger partial charge in [0.25, 0.3) is 0 Å². The zero-order valence-corrected chi connectivity index (χ0v) is 10.2. The number of carbonyl (C=O) groups excluding carboxylic acids is 1. The predicted octanol–water partition coefficient (Wildman–Crippen LogP) is 1.56. The molecule has 19 heavy (non-hydrogen) atoms. The Morgan fingerprint density at radius 3 is 2.95 bits per heavy atom. The smallest absolute Gasteiger partial charge is 0.215 e. The van der Waals surface area contributed by atoms with Crippen molar-refractivity contribution in [1.29, 1.82) is 0 Å². The highest BCUT2D eigenvalue weighted by atomic mass is 16.6. The average molecular weight is 262 g/mol. The molecule has 7 heteroatoms. The van der Waals surface area contributed by atoms with Crippen LogP contribution in [0.4, 0.5) is 11.6 Å². The van der Waals surface area contributed by atoms with E-state index in [0.29, 0.717) is 18.7 Å². The number of furan rings is 1. The number of nitrogens with two attached hydrogens (primary N) is 1. The lowest BCUT2D eigenvalue weighted by atomic mass is 9.83. The molecule has 1 saturated carbocycles. The van der Waals surface area contributed by atoms with Gasteiger partial charge in [0.1, 0.15) is 11.5 Å². The van der Waals surface area contributed by atoms with Gasteiger partial charge in [-0.15, -0.1) is 0 Å². The van der Waals surface area contributed by atoms with Crippen molar-refractivity contribution in [3.63, 3.8) is 0 Å². The quantitative estimate of drug-likeness (QED) is 0.864. The molecule has 0 aliphatic heterocycles. The second-order valence-corrected chi connectivity index (χ2v) is 4.73. The van der Waals surface area contributed by atoms with Gasteiger partial charge in [-0.1, -0.05) is 0 Å². The van der Waals surface area contributed by atoms with Crippen molar-refractivity contribution in [3.05, 3.63) is 24.2 Å². The number of hydrogen-bond donors (Lipinski definition) is 2. The third-order valence-electron chi connectivity index (χ3n) is 3.32. The Labute approximate surface area is 109 Å². The third kappa shape index (κ3) is 2.44. The average Bonchev–Trinajstić information content (AvgIpc) is 3.01. The molecule has 0 radical (unpaired) electrons. The topological polar surface area (TPSA) is 107 Å². The summed E-state index contributed by atoms with van der Waals surface area (Å²) >= 11 is 0. The van der Waals surface area contributed by atoms with Gasteiger partial charge in [0.05, 0.1) is 6.26 Å². The Bertz CT molecular complexity index is 563. The molecule has 1 fully saturated rings. The van der Waals surface area contributed by atoms with E-state index in [1.165, 1.54) is 0 Å². The zero-order valence-electron chi connectivity index (χ0n) is 10.2. The molecule has 1 aliphatic rings. The lowest BCUT2D eigenvalue weighted by molar-refractivity contribution is -0.121. The number of aromatic nitrogens is 2. The number of Topliss-reactive ketones (excluding diaryl/α,β-unsaturated/α-hetero) is 1. The van der Waals surface area contributed by atoms with Gasteiger partial charge in [-0.05, 0) is 28.9 Å². The van der Waals surface area contributed by atoms with Crippen LogP contribution in [0.2, 0.25) is 0 Å². The summed E-state index contributed by atoms with van der Waals surface area (Å²) in [4.78, 5) is 11.8. The molecule has 3 N–H and O–H groups in total. The number of carbonyl (C=O) groups is 1. The fourth-order valence-corrected chi connectivity index (χ4v) is 2.48. The van der Waals surface area contributed by atoms with E-state index in [2.05, 4.69) is 20.3 Å². The lowest BCUT2D eigenvalue weighted by Gasteiger charge is -2.27. The van der Waals surface area contributed by atoms with Gasteiger partial charge in [-0.25, -0.2) is 4.63 Å². The van der Waals surface area contributed by atoms with Crippen LogP contribution in [0, 0.1) is 0 Å². The van der Waals surface area contributed by atoms with Crippen molar-refractivity contribution >= 4 is 17.4 Å². The van der Waals surface area contributed by atoms with Crippen LogP contribution in [0.15, 0.2) is 27.4 Å². The summed E-state index contributed by atoms with van der Waals surface area (Å²) < 4.78 is 9.90. The van der Waals surface area contributed by atoms with Crippen LogP contribution in [0.3, 0.4) is 0 Å². The molecule has 0 spiro atoms. The van der Waals surface area contributed by atoms with E-state index in [1.54, 1.807) is 6.26 Å². The second kappa shape index (κ2) is 4.75. The minimum Gasteiger partial charge on any atom is -0.469 e. The summed E-state index contributed by atoms with van der Waals surface area (Å²) in [5.74, 6) is 1.71. The summed E-state index contributed by atoms with van der Waals surface area (Å²) in [5, 5.41) is 10.3. The molecule has 2 aromatic heterocycles. The minimum absolute atomic E-state index is 0.0365. The van der Waals surface area contributed by atoms with Crippen molar-refractivity contribution in [3.8, 4) is 0 Å². The van der Waals surface area contributed by atoms with Gasteiger partial charge in [0, 0.05) is 24.8 Å². The van der Waals surface area contributed by atoms with E-state index >= 15 is 0 Å². The summed E-state index contributed by atoms with van der Waals surface area (Å²) in [6, 6.07) is 3.69. The maximum Gasteiger partial charge on any atom is 0.215 e. The van der Waals surface area contributed by atoms with Gasteiger partial charge in [-0.3, -0.25) is 4.79 Å². The highest BCUT2D eigenvalue weighted by molar-refractivity contribution is 5.81. The van der Waals surface area contributed by atoms with Gasteiger partial charge in [0.15, 0.2) is 0 Å². The molecule has 2 heterocycles. The molecular formula is C12H14N4O3. The number of ketones is 1. The first-order chi connectivity index (χ1) is 9.22. The number of rotatable bonds is 3. The first kappa shape index (κ1) is 11.8. The van der Waals surface area contributed by atoms with Crippen molar-refractivity contribution in [1.82, 2.24) is 10.3 Å². The number of anilines is 2. The van der Waals surface area contributed by atoms with Gasteiger partial charge < -0.3 is 15.5 Å². The summed E-state index contributed by atoms with van der Waals surface area (Å²) in [7, 11) is 0. The van der Waals surface area contributed by atoms with Crippen LogP contribution < -0.4 is 11.1 Å². The van der Waals surface area contributed by atoms with E-state index < -0.39 is 0 Å². The summed E-state index contributed by atoms with van der Waals surface area (Å²) in [6.45, 7) is 0. The molecule has 7 nitrogen and oxygen atoms in total. The van der Waals surface area contributed by atoms with Crippen molar-refractivity contribution < 1.29 is 13.8 Å². The first-order valence-corrected chi connectivity index (χ1v) is 6.12. The van der Waals surface area contributed by atoms with Crippen LogP contribution in [0.1, 0.15) is 30.9 Å². The van der Waals surface area contributed by atoms with Crippen molar-refractivity contribution in [2.75, 3.05) is 11.1 Å². The molecule has 3 rings (SSSR count). The normalized spacial score (nSPS) is 23.5. The fraction of sp³-hybridized carbons (Fsp3) is 0.417. The van der Waals surface area contributed by atoms with Crippen LogP contribution in [-0.4, -0.2) is 22.1 Å². The van der Waals surface area contributed by atoms with Crippen molar-refractivity contribution in [2.24, 2.45) is 0 Å². The Morgan fingerprint density at radius 2 is 2.26 bits per heavy atom. The number of nitrogens with one attached hydrogen (secondary N) is 1. The maximum absolute atomic E-state index is 11.8. The molecule has 2 aromatic rings. The summed E-state index contributed by atoms with van der Waals surface area (Å²) in [5.41, 5.74) is 5.59. The number of nitrogens with zero attached hydrogens (tertiary/aromatic N) is 2. The Kier molecular flexibility index (Phi) is 2.94. The number of nitrogen functional groups attached to an aromatic ring is 1. The monoisotopic (exact) mass is 262 g/mol. The molecule has 0 saturated heterocycles. The molecule has 0 aromatic carbocycles. The Hall–Kier alpha value is -2.31. The highest BCUT2D eigenvalue weighted by Gasteiger charge is 2.30.